The lowest BCUT2D eigenvalue weighted by Gasteiger charge is -2.22. The Kier molecular flexibility index (Phi) is 6.96. The first-order valence-corrected chi connectivity index (χ1v) is 11.2. The van der Waals surface area contributed by atoms with E-state index in [1.54, 1.807) is 25.2 Å². The lowest BCUT2D eigenvalue weighted by atomic mass is 10.1. The Morgan fingerprint density at radius 2 is 1.90 bits per heavy atom. The predicted octanol–water partition coefficient (Wildman–Crippen LogP) is 6.74. The zero-order valence-corrected chi connectivity index (χ0v) is 19.5. The highest BCUT2D eigenvalue weighted by Gasteiger charge is 2.29. The van der Waals surface area contributed by atoms with Crippen molar-refractivity contribution < 1.29 is 14.6 Å². The molecule has 0 spiro atoms. The highest BCUT2D eigenvalue weighted by Crippen LogP contribution is 2.32. The summed E-state index contributed by atoms with van der Waals surface area (Å²) in [4.78, 5) is 17.5. The SMILES string of the molecule is Cc1cc(C=CCc2sc(-c3ccccc3)nc2C(C)C)ccc1OC(C)(C)C(=O)O. The van der Waals surface area contributed by atoms with Crippen LogP contribution in [0.1, 0.15) is 55.3 Å². The Labute approximate surface area is 188 Å². The van der Waals surface area contributed by atoms with Gasteiger partial charge in [-0.3, -0.25) is 0 Å². The number of carbonyl (C=O) groups is 1. The maximum Gasteiger partial charge on any atom is 0.347 e. The van der Waals surface area contributed by atoms with Gasteiger partial charge in [0.1, 0.15) is 10.8 Å². The van der Waals surface area contributed by atoms with Gasteiger partial charge in [0.05, 0.1) is 5.69 Å². The second-order valence-corrected chi connectivity index (χ2v) is 9.48. The van der Waals surface area contributed by atoms with Gasteiger partial charge in [-0.25, -0.2) is 9.78 Å². The van der Waals surface area contributed by atoms with E-state index in [4.69, 9.17) is 9.72 Å². The van der Waals surface area contributed by atoms with E-state index >= 15 is 0 Å². The van der Waals surface area contributed by atoms with Crippen molar-refractivity contribution in [3.8, 4) is 16.3 Å². The standard InChI is InChI=1S/C26H29NO3S/c1-17(2)23-22(31-24(27-23)20-11-7-6-8-12-20)13-9-10-19-14-15-21(18(3)16-19)30-26(4,5)25(28)29/h6-12,14-17H,13H2,1-5H3,(H,28,29). The second-order valence-electron chi connectivity index (χ2n) is 8.40. The van der Waals surface area contributed by atoms with Crippen LogP contribution in [0, 0.1) is 6.92 Å². The molecule has 1 N–H and O–H groups in total. The van der Waals surface area contributed by atoms with Crippen LogP contribution < -0.4 is 4.74 Å². The molecule has 31 heavy (non-hydrogen) atoms. The maximum absolute atomic E-state index is 11.3. The first-order valence-electron chi connectivity index (χ1n) is 10.4. The summed E-state index contributed by atoms with van der Waals surface area (Å²) in [6.07, 6.45) is 5.07. The van der Waals surface area contributed by atoms with E-state index in [0.29, 0.717) is 11.7 Å². The van der Waals surface area contributed by atoms with Crippen LogP contribution in [0.2, 0.25) is 0 Å². The Hall–Kier alpha value is -2.92. The fourth-order valence-corrected chi connectivity index (χ4v) is 4.37. The third-order valence-corrected chi connectivity index (χ3v) is 6.13. The minimum Gasteiger partial charge on any atom is -0.478 e. The molecule has 1 aromatic heterocycles. The second kappa shape index (κ2) is 9.48. The average molecular weight is 436 g/mol. The van der Waals surface area contributed by atoms with Crippen LogP contribution in [0.5, 0.6) is 5.75 Å². The van der Waals surface area contributed by atoms with E-state index in [2.05, 4.69) is 38.1 Å². The number of aryl methyl sites for hydroxylation is 1. The summed E-state index contributed by atoms with van der Waals surface area (Å²) >= 11 is 1.75. The molecule has 0 atom stereocenters. The molecule has 0 fully saturated rings. The largest absolute Gasteiger partial charge is 0.478 e. The van der Waals surface area contributed by atoms with Crippen molar-refractivity contribution in [1.82, 2.24) is 4.98 Å². The molecular formula is C26H29NO3S. The van der Waals surface area contributed by atoms with Gasteiger partial charge >= 0.3 is 5.97 Å². The molecule has 0 aliphatic heterocycles. The average Bonchev–Trinajstić information content (AvgIpc) is 3.15. The van der Waals surface area contributed by atoms with E-state index in [9.17, 15) is 9.90 Å². The molecule has 0 amide bonds. The number of ether oxygens (including phenoxy) is 1. The van der Waals surface area contributed by atoms with E-state index in [-0.39, 0.29) is 0 Å². The molecule has 2 aromatic carbocycles. The first kappa shape index (κ1) is 22.8. The molecule has 0 aliphatic carbocycles. The number of thiazole rings is 1. The van der Waals surface area contributed by atoms with E-state index in [0.717, 1.165) is 33.8 Å². The van der Waals surface area contributed by atoms with Crippen molar-refractivity contribution in [2.45, 2.75) is 52.6 Å². The number of aliphatic carboxylic acids is 1. The van der Waals surface area contributed by atoms with E-state index in [1.165, 1.54) is 4.88 Å². The monoisotopic (exact) mass is 435 g/mol. The van der Waals surface area contributed by atoms with Crippen molar-refractivity contribution in [2.24, 2.45) is 0 Å². The fourth-order valence-electron chi connectivity index (χ4n) is 3.18. The van der Waals surface area contributed by atoms with Gasteiger partial charge in [0.2, 0.25) is 0 Å². The highest BCUT2D eigenvalue weighted by molar-refractivity contribution is 7.15. The third-order valence-electron chi connectivity index (χ3n) is 4.99. The molecule has 5 heteroatoms. The van der Waals surface area contributed by atoms with Crippen LogP contribution in [-0.2, 0) is 11.2 Å². The van der Waals surface area contributed by atoms with E-state index < -0.39 is 11.6 Å². The number of aromatic nitrogens is 1. The molecular weight excluding hydrogens is 406 g/mol. The lowest BCUT2D eigenvalue weighted by Crippen LogP contribution is -2.38. The van der Waals surface area contributed by atoms with Crippen LogP contribution in [0.15, 0.2) is 54.6 Å². The molecule has 0 saturated carbocycles. The molecule has 3 aromatic rings. The number of carboxylic acids is 1. The van der Waals surface area contributed by atoms with Gasteiger partial charge in [0, 0.05) is 16.9 Å². The molecule has 0 radical (unpaired) electrons. The summed E-state index contributed by atoms with van der Waals surface area (Å²) in [5.74, 6) is -0.0359. The van der Waals surface area contributed by atoms with Gasteiger partial charge in [-0.15, -0.1) is 11.3 Å². The molecule has 162 valence electrons. The summed E-state index contributed by atoms with van der Waals surface area (Å²) in [7, 11) is 0. The molecule has 4 nitrogen and oxygen atoms in total. The summed E-state index contributed by atoms with van der Waals surface area (Å²) in [6, 6.07) is 16.1. The van der Waals surface area contributed by atoms with E-state index in [1.807, 2.05) is 43.3 Å². The topological polar surface area (TPSA) is 59.4 Å². The normalized spacial score (nSPS) is 11.9. The van der Waals surface area contributed by atoms with Gasteiger partial charge in [-0.05, 0) is 49.9 Å². The fraction of sp³-hybridized carbons (Fsp3) is 0.308. The van der Waals surface area contributed by atoms with Crippen LogP contribution in [0.4, 0.5) is 0 Å². The number of allylic oxidation sites excluding steroid dienone is 1. The van der Waals surface area contributed by atoms with Crippen LogP contribution in [0.25, 0.3) is 16.6 Å². The Bertz CT molecular complexity index is 1080. The van der Waals surface area contributed by atoms with Crippen molar-refractivity contribution in [2.75, 3.05) is 0 Å². The summed E-state index contributed by atoms with van der Waals surface area (Å²) in [5.41, 5.74) is 3.00. The Morgan fingerprint density at radius 3 is 2.52 bits per heavy atom. The van der Waals surface area contributed by atoms with Gasteiger partial charge in [0.15, 0.2) is 5.60 Å². The van der Waals surface area contributed by atoms with Crippen LogP contribution in [-0.4, -0.2) is 21.7 Å². The van der Waals surface area contributed by atoms with Crippen molar-refractivity contribution in [1.29, 1.82) is 0 Å². The number of hydrogen-bond donors (Lipinski definition) is 1. The maximum atomic E-state index is 11.3. The number of carboxylic acid groups (broad SMARTS) is 1. The molecule has 3 rings (SSSR count). The Morgan fingerprint density at radius 1 is 1.19 bits per heavy atom. The molecule has 0 aliphatic rings. The Balaban J connectivity index is 1.75. The predicted molar refractivity (Wildman–Crippen MR) is 128 cm³/mol. The lowest BCUT2D eigenvalue weighted by molar-refractivity contribution is -0.152. The number of hydrogen-bond acceptors (Lipinski definition) is 4. The van der Waals surface area contributed by atoms with Crippen molar-refractivity contribution in [3.05, 3.63) is 76.3 Å². The summed E-state index contributed by atoms with van der Waals surface area (Å²) < 4.78 is 5.68. The number of rotatable bonds is 8. The molecule has 0 unspecified atom stereocenters. The molecule has 0 saturated heterocycles. The van der Waals surface area contributed by atoms with Gasteiger partial charge < -0.3 is 9.84 Å². The molecule has 1 heterocycles. The van der Waals surface area contributed by atoms with Gasteiger partial charge in [-0.1, -0.05) is 62.4 Å². The zero-order chi connectivity index (χ0) is 22.6. The summed E-state index contributed by atoms with van der Waals surface area (Å²) in [5, 5.41) is 10.3. The van der Waals surface area contributed by atoms with Crippen molar-refractivity contribution in [3.63, 3.8) is 0 Å². The quantitative estimate of drug-likeness (QED) is 0.426. The van der Waals surface area contributed by atoms with Crippen molar-refractivity contribution >= 4 is 23.4 Å². The van der Waals surface area contributed by atoms with Gasteiger partial charge in [0.25, 0.3) is 0 Å². The van der Waals surface area contributed by atoms with Gasteiger partial charge in [-0.2, -0.15) is 0 Å². The van der Waals surface area contributed by atoms with Crippen LogP contribution >= 0.6 is 11.3 Å². The number of nitrogens with zero attached hydrogens (tertiary/aromatic N) is 1. The molecule has 0 bridgehead atoms. The minimum atomic E-state index is -1.27. The summed E-state index contributed by atoms with van der Waals surface area (Å²) in [6.45, 7) is 9.38. The third kappa shape index (κ3) is 5.61. The first-order chi connectivity index (χ1) is 14.7. The highest BCUT2D eigenvalue weighted by atomic mass is 32.1. The minimum absolute atomic E-state index is 0.369. The van der Waals surface area contributed by atoms with Crippen LogP contribution in [0.3, 0.4) is 0 Å². The zero-order valence-electron chi connectivity index (χ0n) is 18.7. The smallest absolute Gasteiger partial charge is 0.347 e. The number of benzene rings is 2.